The topological polar surface area (TPSA) is 64.4 Å². The van der Waals surface area contributed by atoms with E-state index in [1.54, 1.807) is 0 Å². The molecule has 1 aromatic heterocycles. The van der Waals surface area contributed by atoms with E-state index < -0.39 is 5.97 Å². The standard InChI is InChI=1S/C25H33N3O3/c1-17-10-12-20(13-11-17)15-28-19(3)24(18(2)26-28)25(30)31-16-23(29)27-14-6-8-21-7-4-5-9-22(21)27/h10-13,21-22H,4-9,14-16H2,1-3H3/t21-,22-/m1/s1. The molecule has 4 rings (SSSR count). The van der Waals surface area contributed by atoms with Crippen LogP contribution in [0.3, 0.4) is 0 Å². The number of nitrogens with zero attached hydrogens (tertiary/aromatic N) is 3. The van der Waals surface area contributed by atoms with Gasteiger partial charge < -0.3 is 9.64 Å². The highest BCUT2D eigenvalue weighted by Crippen LogP contribution is 2.35. The van der Waals surface area contributed by atoms with Crippen LogP contribution in [0.1, 0.15) is 71.4 Å². The van der Waals surface area contributed by atoms with Gasteiger partial charge in [-0.1, -0.05) is 42.7 Å². The summed E-state index contributed by atoms with van der Waals surface area (Å²) in [5.41, 5.74) is 4.19. The Balaban J connectivity index is 1.40. The van der Waals surface area contributed by atoms with Gasteiger partial charge in [-0.2, -0.15) is 5.10 Å². The van der Waals surface area contributed by atoms with Crippen LogP contribution in [0.2, 0.25) is 0 Å². The largest absolute Gasteiger partial charge is 0.452 e. The lowest BCUT2D eigenvalue weighted by Crippen LogP contribution is -2.50. The summed E-state index contributed by atoms with van der Waals surface area (Å²) >= 11 is 0. The number of carbonyl (C=O) groups is 2. The van der Waals surface area contributed by atoms with Crippen molar-refractivity contribution in [2.45, 2.75) is 71.9 Å². The lowest BCUT2D eigenvalue weighted by Gasteiger charge is -2.44. The van der Waals surface area contributed by atoms with Gasteiger partial charge >= 0.3 is 5.97 Å². The average molecular weight is 424 g/mol. The maximum absolute atomic E-state index is 12.9. The number of carbonyl (C=O) groups excluding carboxylic acids is 2. The van der Waals surface area contributed by atoms with Crippen LogP contribution >= 0.6 is 0 Å². The fourth-order valence-corrected chi connectivity index (χ4v) is 5.23. The summed E-state index contributed by atoms with van der Waals surface area (Å²) in [5, 5.41) is 4.54. The predicted molar refractivity (Wildman–Crippen MR) is 119 cm³/mol. The number of ether oxygens (including phenoxy) is 1. The number of likely N-dealkylation sites (tertiary alicyclic amines) is 1. The first-order valence-corrected chi connectivity index (χ1v) is 11.5. The molecule has 6 nitrogen and oxygen atoms in total. The quantitative estimate of drug-likeness (QED) is 0.677. The van der Waals surface area contributed by atoms with Crippen molar-refractivity contribution in [2.75, 3.05) is 13.2 Å². The Hall–Kier alpha value is -2.63. The molecule has 2 aromatic rings. The zero-order valence-corrected chi connectivity index (χ0v) is 18.9. The molecule has 1 saturated carbocycles. The van der Waals surface area contributed by atoms with Crippen LogP contribution in [0.15, 0.2) is 24.3 Å². The first kappa shape index (κ1) is 21.6. The number of piperidine rings is 1. The van der Waals surface area contributed by atoms with Crippen molar-refractivity contribution >= 4 is 11.9 Å². The summed E-state index contributed by atoms with van der Waals surface area (Å²) < 4.78 is 7.31. The Kier molecular flexibility index (Phi) is 6.44. The third kappa shape index (κ3) is 4.68. The van der Waals surface area contributed by atoms with Gasteiger partial charge in [-0.3, -0.25) is 9.48 Å². The number of hydrogen-bond acceptors (Lipinski definition) is 4. The van der Waals surface area contributed by atoms with E-state index in [0.29, 0.717) is 29.8 Å². The Morgan fingerprint density at radius 2 is 1.74 bits per heavy atom. The number of hydrogen-bond donors (Lipinski definition) is 0. The summed E-state index contributed by atoms with van der Waals surface area (Å²) in [6.45, 7) is 6.93. The summed E-state index contributed by atoms with van der Waals surface area (Å²) in [4.78, 5) is 27.7. The van der Waals surface area contributed by atoms with E-state index in [0.717, 1.165) is 30.6 Å². The average Bonchev–Trinajstić information content (AvgIpc) is 3.05. The molecule has 6 heteroatoms. The minimum absolute atomic E-state index is 0.0627. The van der Waals surface area contributed by atoms with Crippen molar-refractivity contribution in [3.63, 3.8) is 0 Å². The maximum Gasteiger partial charge on any atom is 0.342 e. The second-order valence-electron chi connectivity index (χ2n) is 9.11. The molecule has 2 fully saturated rings. The maximum atomic E-state index is 12.9. The molecule has 0 unspecified atom stereocenters. The molecule has 0 bridgehead atoms. The van der Waals surface area contributed by atoms with E-state index in [-0.39, 0.29) is 12.5 Å². The number of amides is 1. The highest BCUT2D eigenvalue weighted by Gasteiger charge is 2.36. The van der Waals surface area contributed by atoms with E-state index in [2.05, 4.69) is 36.3 Å². The molecule has 1 aliphatic heterocycles. The van der Waals surface area contributed by atoms with Gasteiger partial charge in [0.1, 0.15) is 5.56 Å². The van der Waals surface area contributed by atoms with Crippen LogP contribution < -0.4 is 0 Å². The summed E-state index contributed by atoms with van der Waals surface area (Å²) in [6, 6.07) is 8.60. The first-order chi connectivity index (χ1) is 14.9. The van der Waals surface area contributed by atoms with E-state index in [1.807, 2.05) is 23.4 Å². The van der Waals surface area contributed by atoms with Gasteiger partial charge in [-0.05, 0) is 57.9 Å². The molecule has 0 N–H and O–H groups in total. The SMILES string of the molecule is Cc1ccc(Cn2nc(C)c(C(=O)OCC(=O)N3CCC[C@H]4CCCC[C@H]43)c2C)cc1. The normalized spacial score (nSPS) is 20.9. The van der Waals surface area contributed by atoms with Gasteiger partial charge in [-0.15, -0.1) is 0 Å². The second-order valence-corrected chi connectivity index (χ2v) is 9.11. The molecule has 0 spiro atoms. The molecule has 2 aliphatic rings. The van der Waals surface area contributed by atoms with Gasteiger partial charge in [0.25, 0.3) is 5.91 Å². The number of benzene rings is 1. The van der Waals surface area contributed by atoms with Gasteiger partial charge in [0.05, 0.1) is 17.9 Å². The molecule has 1 aromatic carbocycles. The lowest BCUT2D eigenvalue weighted by atomic mass is 9.78. The van der Waals surface area contributed by atoms with Crippen LogP contribution in [-0.4, -0.2) is 45.8 Å². The van der Waals surface area contributed by atoms with Crippen LogP contribution in [0.5, 0.6) is 0 Å². The molecular weight excluding hydrogens is 390 g/mol. The van der Waals surface area contributed by atoms with Gasteiger partial charge in [0.15, 0.2) is 6.61 Å². The third-order valence-corrected chi connectivity index (χ3v) is 6.93. The smallest absolute Gasteiger partial charge is 0.342 e. The van der Waals surface area contributed by atoms with Crippen LogP contribution in [0, 0.1) is 26.7 Å². The van der Waals surface area contributed by atoms with Gasteiger partial charge in [0.2, 0.25) is 0 Å². The minimum Gasteiger partial charge on any atom is -0.452 e. The molecule has 1 amide bonds. The molecular formula is C25H33N3O3. The number of aromatic nitrogens is 2. The third-order valence-electron chi connectivity index (χ3n) is 6.93. The number of esters is 1. The van der Waals surface area contributed by atoms with Crippen molar-refractivity contribution in [1.82, 2.24) is 14.7 Å². The Labute approximate surface area is 184 Å². The monoisotopic (exact) mass is 423 g/mol. The first-order valence-electron chi connectivity index (χ1n) is 11.5. The highest BCUT2D eigenvalue weighted by molar-refractivity contribution is 5.93. The van der Waals surface area contributed by atoms with E-state index in [4.69, 9.17) is 4.74 Å². The Bertz CT molecular complexity index is 946. The van der Waals surface area contributed by atoms with Gasteiger partial charge in [-0.25, -0.2) is 4.79 Å². The summed E-state index contributed by atoms with van der Waals surface area (Å²) in [7, 11) is 0. The van der Waals surface area contributed by atoms with Crippen LogP contribution in [0.25, 0.3) is 0 Å². The van der Waals surface area contributed by atoms with Crippen molar-refractivity contribution in [2.24, 2.45) is 5.92 Å². The Morgan fingerprint density at radius 1 is 1.03 bits per heavy atom. The second kappa shape index (κ2) is 9.25. The zero-order valence-electron chi connectivity index (χ0n) is 18.9. The molecule has 2 heterocycles. The predicted octanol–water partition coefficient (Wildman–Crippen LogP) is 4.19. The van der Waals surface area contributed by atoms with Crippen molar-refractivity contribution < 1.29 is 14.3 Å². The number of rotatable bonds is 5. The molecule has 166 valence electrons. The molecule has 1 saturated heterocycles. The van der Waals surface area contributed by atoms with E-state index in [1.165, 1.54) is 31.2 Å². The lowest BCUT2D eigenvalue weighted by molar-refractivity contribution is -0.140. The number of fused-ring (bicyclic) bond motifs is 1. The van der Waals surface area contributed by atoms with E-state index >= 15 is 0 Å². The Morgan fingerprint density at radius 3 is 2.52 bits per heavy atom. The van der Waals surface area contributed by atoms with Gasteiger partial charge in [0, 0.05) is 12.6 Å². The highest BCUT2D eigenvalue weighted by atomic mass is 16.5. The van der Waals surface area contributed by atoms with Crippen molar-refractivity contribution in [3.05, 3.63) is 52.3 Å². The van der Waals surface area contributed by atoms with E-state index in [9.17, 15) is 9.59 Å². The fourth-order valence-electron chi connectivity index (χ4n) is 5.23. The summed E-state index contributed by atoms with van der Waals surface area (Å²) in [5.74, 6) is 0.0923. The fraction of sp³-hybridized carbons (Fsp3) is 0.560. The summed E-state index contributed by atoms with van der Waals surface area (Å²) in [6.07, 6.45) is 7.01. The van der Waals surface area contributed by atoms with Crippen molar-refractivity contribution in [3.8, 4) is 0 Å². The molecule has 31 heavy (non-hydrogen) atoms. The molecule has 1 aliphatic carbocycles. The zero-order chi connectivity index (χ0) is 22.0. The minimum atomic E-state index is -0.462. The molecule has 0 radical (unpaired) electrons. The van der Waals surface area contributed by atoms with Crippen molar-refractivity contribution in [1.29, 1.82) is 0 Å². The number of aryl methyl sites for hydroxylation is 2. The molecule has 2 atom stereocenters. The van der Waals surface area contributed by atoms with Crippen LogP contribution in [-0.2, 0) is 16.1 Å². The van der Waals surface area contributed by atoms with Crippen LogP contribution in [0.4, 0.5) is 0 Å².